The van der Waals surface area contributed by atoms with Crippen LogP contribution in [0.4, 0.5) is 0 Å². The van der Waals surface area contributed by atoms with Gasteiger partial charge in [0.15, 0.2) is 5.82 Å². The number of nitrogens with one attached hydrogen (secondary N) is 1. The number of hydrogen-bond donors (Lipinski definition) is 2. The summed E-state index contributed by atoms with van der Waals surface area (Å²) in [5.41, 5.74) is 3.71. The van der Waals surface area contributed by atoms with Gasteiger partial charge in [0, 0.05) is 19.7 Å². The molecule has 1 atom stereocenters. The van der Waals surface area contributed by atoms with Gasteiger partial charge in [0.2, 0.25) is 0 Å². The Morgan fingerprint density at radius 3 is 2.81 bits per heavy atom. The van der Waals surface area contributed by atoms with Crippen LogP contribution in [0.15, 0.2) is 12.3 Å². The molecule has 0 amide bonds. The third kappa shape index (κ3) is 2.07. The molecule has 2 rings (SSSR count). The maximum Gasteiger partial charge on any atom is 0.176 e. The van der Waals surface area contributed by atoms with E-state index in [0.717, 1.165) is 5.69 Å². The van der Waals surface area contributed by atoms with Crippen LogP contribution in [0.25, 0.3) is 0 Å². The summed E-state index contributed by atoms with van der Waals surface area (Å²) in [6.07, 6.45) is 2.30. The minimum Gasteiger partial charge on any atom is -0.271 e. The lowest BCUT2D eigenvalue weighted by Crippen LogP contribution is -2.31. The normalized spacial score (nSPS) is 12.9. The summed E-state index contributed by atoms with van der Waals surface area (Å²) >= 11 is 0. The van der Waals surface area contributed by atoms with Crippen LogP contribution in [0.1, 0.15) is 17.6 Å². The molecule has 0 aliphatic carbocycles. The molecule has 0 saturated heterocycles. The van der Waals surface area contributed by atoms with Gasteiger partial charge in [-0.05, 0) is 11.3 Å². The van der Waals surface area contributed by atoms with Crippen LogP contribution >= 0.6 is 0 Å². The second kappa shape index (κ2) is 4.37. The van der Waals surface area contributed by atoms with E-state index in [-0.39, 0.29) is 6.04 Å². The molecule has 0 saturated carbocycles. The molecule has 2 aromatic heterocycles. The minimum atomic E-state index is -0.0725. The molecule has 2 aromatic rings. The van der Waals surface area contributed by atoms with Crippen molar-refractivity contribution in [3.63, 3.8) is 0 Å². The van der Waals surface area contributed by atoms with Crippen molar-refractivity contribution in [3.05, 3.63) is 23.8 Å². The van der Waals surface area contributed by atoms with Gasteiger partial charge in [-0.1, -0.05) is 0 Å². The maximum absolute atomic E-state index is 5.51. The Bertz CT molecular complexity index is 458. The molecule has 0 spiro atoms. The molecule has 0 fully saturated rings. The highest BCUT2D eigenvalue weighted by molar-refractivity contribution is 5.08. The zero-order chi connectivity index (χ0) is 11.5. The fraction of sp³-hybridized carbons (Fsp3) is 0.500. The smallest absolute Gasteiger partial charge is 0.176 e. The van der Waals surface area contributed by atoms with E-state index >= 15 is 0 Å². The molecular weight excluding hydrogens is 208 g/mol. The monoisotopic (exact) mass is 222 g/mol. The van der Waals surface area contributed by atoms with Crippen molar-refractivity contribution >= 4 is 0 Å². The average Bonchev–Trinajstić information content (AvgIpc) is 2.84. The highest BCUT2D eigenvalue weighted by Gasteiger charge is 2.16. The largest absolute Gasteiger partial charge is 0.271 e. The molecule has 3 N–H and O–H groups in total. The Balaban J connectivity index is 2.15. The Labute approximate surface area is 92.4 Å². The van der Waals surface area contributed by atoms with Crippen LogP contribution in [0.3, 0.4) is 0 Å². The van der Waals surface area contributed by atoms with Gasteiger partial charge in [-0.2, -0.15) is 9.90 Å². The summed E-state index contributed by atoms with van der Waals surface area (Å²) in [5, 5.41) is 15.9. The van der Waals surface area contributed by atoms with Crippen molar-refractivity contribution in [1.82, 2.24) is 35.4 Å². The fourth-order valence-corrected chi connectivity index (χ4v) is 1.56. The number of aryl methyl sites for hydroxylation is 2. The second-order valence-corrected chi connectivity index (χ2v) is 3.50. The third-order valence-corrected chi connectivity index (χ3v) is 2.35. The lowest BCUT2D eigenvalue weighted by atomic mass is 10.1. The van der Waals surface area contributed by atoms with Crippen LogP contribution < -0.4 is 11.3 Å². The van der Waals surface area contributed by atoms with Gasteiger partial charge >= 0.3 is 0 Å². The number of nitrogens with zero attached hydrogens (tertiary/aromatic N) is 6. The van der Waals surface area contributed by atoms with Gasteiger partial charge in [0.25, 0.3) is 0 Å². The van der Waals surface area contributed by atoms with E-state index < -0.39 is 0 Å². The first-order valence-corrected chi connectivity index (χ1v) is 4.87. The molecule has 0 bridgehead atoms. The fourth-order valence-electron chi connectivity index (χ4n) is 1.56. The molecule has 0 aliphatic heterocycles. The van der Waals surface area contributed by atoms with Gasteiger partial charge < -0.3 is 0 Å². The summed E-state index contributed by atoms with van der Waals surface area (Å²) in [6, 6.07) is 1.83. The zero-order valence-electron chi connectivity index (χ0n) is 9.20. The predicted molar refractivity (Wildman–Crippen MR) is 55.8 cm³/mol. The molecule has 0 aliphatic rings. The predicted octanol–water partition coefficient (Wildman–Crippen LogP) is -1.31. The van der Waals surface area contributed by atoms with Crippen molar-refractivity contribution in [2.24, 2.45) is 19.9 Å². The minimum absolute atomic E-state index is 0.0725. The van der Waals surface area contributed by atoms with Crippen molar-refractivity contribution in [3.8, 4) is 0 Å². The summed E-state index contributed by atoms with van der Waals surface area (Å²) in [4.78, 5) is 1.42. The van der Waals surface area contributed by atoms with Crippen LogP contribution in [0, 0.1) is 0 Å². The van der Waals surface area contributed by atoms with E-state index in [1.54, 1.807) is 17.9 Å². The molecular formula is C8H14N8. The molecule has 0 radical (unpaired) electrons. The van der Waals surface area contributed by atoms with Gasteiger partial charge in [0.05, 0.1) is 18.8 Å². The molecule has 8 nitrogen and oxygen atoms in total. The van der Waals surface area contributed by atoms with Crippen molar-refractivity contribution in [2.75, 3.05) is 0 Å². The van der Waals surface area contributed by atoms with E-state index in [2.05, 4.69) is 25.9 Å². The van der Waals surface area contributed by atoms with Gasteiger partial charge in [-0.3, -0.25) is 16.0 Å². The molecule has 2 heterocycles. The van der Waals surface area contributed by atoms with Gasteiger partial charge in [-0.15, -0.1) is 10.2 Å². The van der Waals surface area contributed by atoms with E-state index in [4.69, 9.17) is 5.84 Å². The standard InChI is InChI=1S/C8H14N8/c1-15-7(3-4-10-15)6(11-9)5-8-12-14-16(2)13-8/h3-4,6,11H,5,9H2,1-2H3. The first kappa shape index (κ1) is 10.7. The van der Waals surface area contributed by atoms with Gasteiger partial charge in [-0.25, -0.2) is 0 Å². The van der Waals surface area contributed by atoms with Crippen LogP contribution in [0.5, 0.6) is 0 Å². The van der Waals surface area contributed by atoms with Crippen molar-refractivity contribution in [2.45, 2.75) is 12.5 Å². The lowest BCUT2D eigenvalue weighted by Gasteiger charge is -2.13. The number of rotatable bonds is 4. The number of aromatic nitrogens is 6. The van der Waals surface area contributed by atoms with E-state index in [1.807, 2.05) is 13.1 Å². The SMILES string of the molecule is Cn1nnc(CC(NN)c2ccnn2C)n1. The first-order chi connectivity index (χ1) is 7.70. The van der Waals surface area contributed by atoms with Crippen molar-refractivity contribution < 1.29 is 0 Å². The summed E-state index contributed by atoms with van der Waals surface area (Å²) in [7, 11) is 3.59. The number of nitrogens with two attached hydrogens (primary N) is 1. The van der Waals surface area contributed by atoms with Crippen LogP contribution in [-0.2, 0) is 20.5 Å². The van der Waals surface area contributed by atoms with Crippen LogP contribution in [0.2, 0.25) is 0 Å². The summed E-state index contributed by atoms with van der Waals surface area (Å²) < 4.78 is 1.76. The Morgan fingerprint density at radius 2 is 2.31 bits per heavy atom. The summed E-state index contributed by atoms with van der Waals surface area (Å²) in [6.45, 7) is 0. The highest BCUT2D eigenvalue weighted by Crippen LogP contribution is 2.13. The molecule has 1 unspecified atom stereocenters. The number of tetrazole rings is 1. The number of hydrazine groups is 1. The molecule has 16 heavy (non-hydrogen) atoms. The zero-order valence-corrected chi connectivity index (χ0v) is 9.20. The van der Waals surface area contributed by atoms with Crippen LogP contribution in [-0.4, -0.2) is 30.0 Å². The molecule has 0 aromatic carbocycles. The first-order valence-electron chi connectivity index (χ1n) is 4.87. The van der Waals surface area contributed by atoms with E-state index in [1.165, 1.54) is 4.80 Å². The summed E-state index contributed by atoms with van der Waals surface area (Å²) in [5.74, 6) is 6.16. The Hall–Kier alpha value is -1.80. The van der Waals surface area contributed by atoms with E-state index in [0.29, 0.717) is 12.2 Å². The Morgan fingerprint density at radius 1 is 1.50 bits per heavy atom. The van der Waals surface area contributed by atoms with Gasteiger partial charge in [0.1, 0.15) is 0 Å². The topological polar surface area (TPSA) is 99.5 Å². The Kier molecular flexibility index (Phi) is 2.93. The third-order valence-electron chi connectivity index (χ3n) is 2.35. The van der Waals surface area contributed by atoms with E-state index in [9.17, 15) is 0 Å². The highest BCUT2D eigenvalue weighted by atomic mass is 15.6. The second-order valence-electron chi connectivity index (χ2n) is 3.50. The van der Waals surface area contributed by atoms with Crippen molar-refractivity contribution in [1.29, 1.82) is 0 Å². The average molecular weight is 222 g/mol. The maximum atomic E-state index is 5.51. The number of hydrogen-bond acceptors (Lipinski definition) is 6. The molecule has 8 heteroatoms. The molecule has 86 valence electrons. The lowest BCUT2D eigenvalue weighted by molar-refractivity contribution is 0.497. The quantitative estimate of drug-likeness (QED) is 0.492.